The fraction of sp³-hybridized carbons (Fsp3) is 0.333. The third kappa shape index (κ3) is 3.45. The first-order chi connectivity index (χ1) is 9.58. The number of nitrogens with zero attached hydrogens (tertiary/aromatic N) is 3. The summed E-state index contributed by atoms with van der Waals surface area (Å²) in [5.41, 5.74) is 2.35. The van der Waals surface area contributed by atoms with Crippen LogP contribution in [-0.2, 0) is 4.79 Å². The first-order valence-corrected chi connectivity index (χ1v) is 6.58. The molecule has 1 aliphatic heterocycles. The largest absolute Gasteiger partial charge is 0.359 e. The molecule has 1 aromatic carbocycles. The maximum Gasteiger partial charge on any atom is 0.273 e. The Morgan fingerprint density at radius 3 is 2.70 bits per heavy atom. The Balaban J connectivity index is 2.07. The molecule has 1 N–H and O–H groups in total. The molecule has 0 atom stereocenters. The average Bonchev–Trinajstić information content (AvgIpc) is 2.66. The summed E-state index contributed by atoms with van der Waals surface area (Å²) in [6.45, 7) is 1.50. The molecule has 106 valence electrons. The number of aliphatic imine (C=N–C) groups is 1. The standard InChI is InChI=1S/C15H20N4O/c1-18(2)8-9-19(3)15(20)14-11-17-13-7-5-4-6-12(13)10-16-14/h4-7,10-11,17H,8-9H2,1-3H3. The highest BCUT2D eigenvalue weighted by molar-refractivity contribution is 5.99. The van der Waals surface area contributed by atoms with Gasteiger partial charge in [-0.3, -0.25) is 4.79 Å². The number of amides is 1. The third-order valence-electron chi connectivity index (χ3n) is 3.12. The average molecular weight is 272 g/mol. The molecule has 0 saturated carbocycles. The van der Waals surface area contributed by atoms with Crippen molar-refractivity contribution in [3.63, 3.8) is 0 Å². The number of fused-ring (bicyclic) bond motifs is 1. The molecular weight excluding hydrogens is 252 g/mol. The molecule has 1 aromatic rings. The van der Waals surface area contributed by atoms with E-state index in [1.54, 1.807) is 24.4 Å². The van der Waals surface area contributed by atoms with Gasteiger partial charge in [0.05, 0.1) is 0 Å². The van der Waals surface area contributed by atoms with Crippen LogP contribution in [0.5, 0.6) is 0 Å². The van der Waals surface area contributed by atoms with E-state index >= 15 is 0 Å². The first kappa shape index (κ1) is 14.3. The van der Waals surface area contributed by atoms with Gasteiger partial charge in [0, 0.05) is 43.8 Å². The molecule has 0 spiro atoms. The minimum absolute atomic E-state index is 0.0802. The van der Waals surface area contributed by atoms with E-state index in [1.165, 1.54) is 0 Å². The van der Waals surface area contributed by atoms with E-state index in [0.29, 0.717) is 12.2 Å². The molecule has 0 unspecified atom stereocenters. The highest BCUT2D eigenvalue weighted by atomic mass is 16.2. The maximum absolute atomic E-state index is 12.3. The van der Waals surface area contributed by atoms with Gasteiger partial charge in [0.25, 0.3) is 5.91 Å². The van der Waals surface area contributed by atoms with Crippen LogP contribution in [0.1, 0.15) is 5.56 Å². The number of nitrogens with one attached hydrogen (secondary N) is 1. The van der Waals surface area contributed by atoms with Gasteiger partial charge in [-0.15, -0.1) is 0 Å². The first-order valence-electron chi connectivity index (χ1n) is 6.58. The molecule has 0 radical (unpaired) electrons. The lowest BCUT2D eigenvalue weighted by atomic mass is 10.2. The Morgan fingerprint density at radius 1 is 1.20 bits per heavy atom. The second kappa shape index (κ2) is 6.34. The van der Waals surface area contributed by atoms with Crippen LogP contribution in [0.25, 0.3) is 0 Å². The van der Waals surface area contributed by atoms with E-state index in [2.05, 4.69) is 10.3 Å². The van der Waals surface area contributed by atoms with E-state index in [4.69, 9.17) is 0 Å². The number of hydrogen-bond acceptors (Lipinski definition) is 4. The van der Waals surface area contributed by atoms with Crippen molar-refractivity contribution >= 4 is 17.8 Å². The molecule has 5 nitrogen and oxygen atoms in total. The molecule has 0 aliphatic carbocycles. The van der Waals surface area contributed by atoms with Gasteiger partial charge in [0.15, 0.2) is 0 Å². The van der Waals surface area contributed by atoms with E-state index in [-0.39, 0.29) is 5.91 Å². The van der Waals surface area contributed by atoms with Crippen molar-refractivity contribution < 1.29 is 4.79 Å². The Kier molecular flexibility index (Phi) is 4.53. The summed E-state index contributed by atoms with van der Waals surface area (Å²) >= 11 is 0. The second-order valence-electron chi connectivity index (χ2n) is 5.05. The quantitative estimate of drug-likeness (QED) is 0.901. The number of hydrogen-bond donors (Lipinski definition) is 1. The molecule has 0 aromatic heterocycles. The maximum atomic E-state index is 12.3. The Morgan fingerprint density at radius 2 is 1.95 bits per heavy atom. The minimum Gasteiger partial charge on any atom is -0.359 e. The zero-order valence-electron chi connectivity index (χ0n) is 12.1. The number of anilines is 1. The highest BCUT2D eigenvalue weighted by Gasteiger charge is 2.15. The van der Waals surface area contributed by atoms with Crippen molar-refractivity contribution in [2.75, 3.05) is 39.5 Å². The third-order valence-corrected chi connectivity index (χ3v) is 3.12. The van der Waals surface area contributed by atoms with Crippen LogP contribution in [0.4, 0.5) is 5.69 Å². The van der Waals surface area contributed by atoms with Crippen LogP contribution in [0.2, 0.25) is 0 Å². The summed E-state index contributed by atoms with van der Waals surface area (Å²) in [6, 6.07) is 7.82. The van der Waals surface area contributed by atoms with Crippen LogP contribution in [0, 0.1) is 0 Å². The summed E-state index contributed by atoms with van der Waals surface area (Å²) in [7, 11) is 5.76. The number of carbonyl (C=O) groups is 1. The lowest BCUT2D eigenvalue weighted by Gasteiger charge is -2.19. The molecule has 1 amide bonds. The molecule has 0 saturated heterocycles. The minimum atomic E-state index is -0.0802. The Bertz CT molecular complexity index is 549. The van der Waals surface area contributed by atoms with Gasteiger partial charge >= 0.3 is 0 Å². The van der Waals surface area contributed by atoms with Crippen molar-refractivity contribution in [3.05, 3.63) is 41.7 Å². The van der Waals surface area contributed by atoms with E-state index < -0.39 is 0 Å². The van der Waals surface area contributed by atoms with Gasteiger partial charge in [-0.1, -0.05) is 18.2 Å². The summed E-state index contributed by atoms with van der Waals surface area (Å²) in [4.78, 5) is 20.3. The van der Waals surface area contributed by atoms with Gasteiger partial charge < -0.3 is 15.1 Å². The smallest absolute Gasteiger partial charge is 0.273 e. The molecule has 0 bridgehead atoms. The fourth-order valence-electron chi connectivity index (χ4n) is 1.83. The lowest BCUT2D eigenvalue weighted by molar-refractivity contribution is -0.126. The predicted octanol–water partition coefficient (Wildman–Crippen LogP) is 1.39. The Hall–Kier alpha value is -2.14. The predicted molar refractivity (Wildman–Crippen MR) is 81.9 cm³/mol. The monoisotopic (exact) mass is 272 g/mol. The molecule has 5 heteroatoms. The molecule has 1 aliphatic rings. The normalized spacial score (nSPS) is 13.3. The Labute approximate surface area is 119 Å². The van der Waals surface area contributed by atoms with Crippen molar-refractivity contribution in [2.45, 2.75) is 0 Å². The van der Waals surface area contributed by atoms with Gasteiger partial charge in [0.2, 0.25) is 0 Å². The van der Waals surface area contributed by atoms with E-state index in [0.717, 1.165) is 17.8 Å². The number of likely N-dealkylation sites (N-methyl/N-ethyl adjacent to an activating group) is 2. The molecule has 2 rings (SSSR count). The molecule has 0 fully saturated rings. The highest BCUT2D eigenvalue weighted by Crippen LogP contribution is 2.17. The molecule has 1 heterocycles. The fourth-order valence-corrected chi connectivity index (χ4v) is 1.83. The van der Waals surface area contributed by atoms with E-state index in [9.17, 15) is 4.79 Å². The summed E-state index contributed by atoms with van der Waals surface area (Å²) in [5.74, 6) is -0.0802. The van der Waals surface area contributed by atoms with Gasteiger partial charge in [-0.25, -0.2) is 4.99 Å². The number of para-hydroxylation sites is 1. The van der Waals surface area contributed by atoms with Crippen molar-refractivity contribution in [1.82, 2.24) is 9.80 Å². The van der Waals surface area contributed by atoms with Gasteiger partial charge in [-0.05, 0) is 20.2 Å². The van der Waals surface area contributed by atoms with Crippen LogP contribution in [0.3, 0.4) is 0 Å². The van der Waals surface area contributed by atoms with Crippen molar-refractivity contribution in [1.29, 1.82) is 0 Å². The van der Waals surface area contributed by atoms with Crippen LogP contribution in [0.15, 0.2) is 41.2 Å². The summed E-state index contributed by atoms with van der Waals surface area (Å²) < 4.78 is 0. The van der Waals surface area contributed by atoms with Crippen LogP contribution < -0.4 is 5.32 Å². The summed E-state index contributed by atoms with van der Waals surface area (Å²) in [6.07, 6.45) is 3.38. The van der Waals surface area contributed by atoms with Crippen LogP contribution in [-0.4, -0.2) is 56.2 Å². The number of rotatable bonds is 4. The van der Waals surface area contributed by atoms with E-state index in [1.807, 2.05) is 43.3 Å². The zero-order valence-corrected chi connectivity index (χ0v) is 12.1. The van der Waals surface area contributed by atoms with Crippen LogP contribution >= 0.6 is 0 Å². The SMILES string of the molecule is CN(C)CCN(C)C(=O)C1=CNc2ccccc2C=N1. The number of carbonyl (C=O) groups excluding carboxylic acids is 1. The number of benzene rings is 1. The topological polar surface area (TPSA) is 47.9 Å². The van der Waals surface area contributed by atoms with Crippen molar-refractivity contribution in [3.8, 4) is 0 Å². The molecule has 20 heavy (non-hydrogen) atoms. The van der Waals surface area contributed by atoms with Gasteiger partial charge in [-0.2, -0.15) is 0 Å². The lowest BCUT2D eigenvalue weighted by Crippen LogP contribution is -2.34. The van der Waals surface area contributed by atoms with Gasteiger partial charge in [0.1, 0.15) is 5.70 Å². The van der Waals surface area contributed by atoms with Crippen molar-refractivity contribution in [2.24, 2.45) is 4.99 Å². The zero-order chi connectivity index (χ0) is 14.5. The summed E-state index contributed by atoms with van der Waals surface area (Å²) in [5, 5.41) is 3.13. The molecular formula is C15H20N4O. The second-order valence-corrected chi connectivity index (χ2v) is 5.05.